The van der Waals surface area contributed by atoms with E-state index in [1.807, 2.05) is 45.7 Å². The van der Waals surface area contributed by atoms with Gasteiger partial charge in [0.1, 0.15) is 11.5 Å². The Bertz CT molecular complexity index is 1730. The standard InChI is InChI=1S/C28H27FN8/c1-36(2)8-4-5-17-9-18(11-21(29)10-17)22-6-7-30-27-23(22)13-25(33-27)26-24-12-19(14-31-28(24)35-34-26)20-15-32-37(3)16-20/h6-7,9-16H,4-5,8H2,1-3H3,(H,30,33)(H,31,34,35). The lowest BCUT2D eigenvalue weighted by Crippen LogP contribution is -2.13. The van der Waals surface area contributed by atoms with Gasteiger partial charge in [0.05, 0.1) is 17.6 Å². The Morgan fingerprint density at radius 3 is 2.68 bits per heavy atom. The molecule has 0 atom stereocenters. The van der Waals surface area contributed by atoms with E-state index in [-0.39, 0.29) is 5.82 Å². The number of aromatic nitrogens is 7. The second-order valence-electron chi connectivity index (χ2n) is 9.66. The van der Waals surface area contributed by atoms with E-state index in [4.69, 9.17) is 0 Å². The quantitative estimate of drug-likeness (QED) is 0.318. The molecule has 8 nitrogen and oxygen atoms in total. The highest BCUT2D eigenvalue weighted by Gasteiger charge is 2.16. The summed E-state index contributed by atoms with van der Waals surface area (Å²) in [7, 11) is 5.98. The normalized spacial score (nSPS) is 11.8. The molecular formula is C28H27FN8. The second-order valence-corrected chi connectivity index (χ2v) is 9.66. The molecule has 2 N–H and O–H groups in total. The Morgan fingerprint density at radius 2 is 1.86 bits per heavy atom. The summed E-state index contributed by atoms with van der Waals surface area (Å²) in [5, 5.41) is 13.6. The number of hydrogen-bond acceptors (Lipinski definition) is 5. The number of nitrogens with zero attached hydrogens (tertiary/aromatic N) is 6. The lowest BCUT2D eigenvalue weighted by atomic mass is 9.99. The van der Waals surface area contributed by atoms with E-state index in [2.05, 4.69) is 47.3 Å². The van der Waals surface area contributed by atoms with Crippen LogP contribution in [0.15, 0.2) is 61.2 Å². The van der Waals surface area contributed by atoms with Crippen LogP contribution in [0.5, 0.6) is 0 Å². The van der Waals surface area contributed by atoms with E-state index in [9.17, 15) is 4.39 Å². The molecule has 0 saturated carbocycles. The summed E-state index contributed by atoms with van der Waals surface area (Å²) in [6, 6.07) is 11.3. The zero-order chi connectivity index (χ0) is 25.5. The van der Waals surface area contributed by atoms with Crippen molar-refractivity contribution in [3.05, 3.63) is 72.6 Å². The fourth-order valence-electron chi connectivity index (χ4n) is 4.80. The molecule has 6 rings (SSSR count). The number of pyridine rings is 2. The van der Waals surface area contributed by atoms with Crippen LogP contribution in [0, 0.1) is 5.82 Å². The van der Waals surface area contributed by atoms with Gasteiger partial charge < -0.3 is 9.88 Å². The van der Waals surface area contributed by atoms with Crippen molar-refractivity contribution in [1.82, 2.24) is 39.8 Å². The SMILES string of the molecule is CN(C)CCCc1cc(F)cc(-c2ccnc3[nH]c(-c4[nH]nc5ncc(-c6cnn(C)c6)cc45)cc23)c1. The Morgan fingerprint density at radius 1 is 0.973 bits per heavy atom. The molecule has 37 heavy (non-hydrogen) atoms. The summed E-state index contributed by atoms with van der Waals surface area (Å²) in [5.41, 5.74) is 7.72. The van der Waals surface area contributed by atoms with Crippen molar-refractivity contribution in [3.8, 4) is 33.6 Å². The Labute approximate surface area is 213 Å². The van der Waals surface area contributed by atoms with Gasteiger partial charge in [-0.2, -0.15) is 10.2 Å². The highest BCUT2D eigenvalue weighted by atomic mass is 19.1. The molecule has 0 aliphatic carbocycles. The van der Waals surface area contributed by atoms with Gasteiger partial charge in [0.25, 0.3) is 0 Å². The maximum absolute atomic E-state index is 14.6. The number of rotatable bonds is 7. The highest BCUT2D eigenvalue weighted by molar-refractivity contribution is 5.99. The zero-order valence-electron chi connectivity index (χ0n) is 21.0. The van der Waals surface area contributed by atoms with Crippen LogP contribution >= 0.6 is 0 Å². The average molecular weight is 495 g/mol. The van der Waals surface area contributed by atoms with Gasteiger partial charge in [-0.25, -0.2) is 14.4 Å². The van der Waals surface area contributed by atoms with Crippen molar-refractivity contribution in [1.29, 1.82) is 0 Å². The molecule has 0 fully saturated rings. The predicted molar refractivity (Wildman–Crippen MR) is 143 cm³/mol. The van der Waals surface area contributed by atoms with Crippen molar-refractivity contribution in [2.45, 2.75) is 12.8 Å². The fraction of sp³-hybridized carbons (Fsp3) is 0.214. The lowest BCUT2D eigenvalue weighted by molar-refractivity contribution is 0.400. The molecule has 0 spiro atoms. The number of benzene rings is 1. The zero-order valence-corrected chi connectivity index (χ0v) is 21.0. The van der Waals surface area contributed by atoms with Gasteiger partial charge in [0.15, 0.2) is 5.65 Å². The lowest BCUT2D eigenvalue weighted by Gasteiger charge is -2.10. The Balaban J connectivity index is 1.40. The van der Waals surface area contributed by atoms with Crippen LogP contribution in [-0.2, 0) is 13.5 Å². The molecule has 5 aromatic heterocycles. The molecular weight excluding hydrogens is 467 g/mol. The summed E-state index contributed by atoms with van der Waals surface area (Å²) in [6.45, 7) is 0.960. The van der Waals surface area contributed by atoms with E-state index < -0.39 is 0 Å². The predicted octanol–water partition coefficient (Wildman–Crippen LogP) is 5.20. The van der Waals surface area contributed by atoms with Crippen LogP contribution in [0.4, 0.5) is 4.39 Å². The average Bonchev–Trinajstić information content (AvgIpc) is 3.60. The number of aromatic amines is 2. The summed E-state index contributed by atoms with van der Waals surface area (Å²) in [6.07, 6.45) is 9.11. The smallest absolute Gasteiger partial charge is 0.181 e. The minimum atomic E-state index is -0.230. The van der Waals surface area contributed by atoms with Crippen LogP contribution in [0.25, 0.3) is 55.7 Å². The molecule has 0 aliphatic rings. The Hall–Kier alpha value is -4.37. The molecule has 0 unspecified atom stereocenters. The fourth-order valence-corrected chi connectivity index (χ4v) is 4.80. The summed E-state index contributed by atoms with van der Waals surface area (Å²) in [4.78, 5) is 14.6. The minimum Gasteiger partial charge on any atom is -0.338 e. The van der Waals surface area contributed by atoms with Crippen molar-refractivity contribution < 1.29 is 4.39 Å². The van der Waals surface area contributed by atoms with Gasteiger partial charge in [0.2, 0.25) is 0 Å². The number of aryl methyl sites for hydroxylation is 2. The third-order valence-electron chi connectivity index (χ3n) is 6.59. The first kappa shape index (κ1) is 23.1. The van der Waals surface area contributed by atoms with Gasteiger partial charge in [-0.3, -0.25) is 9.78 Å². The molecule has 1 aromatic carbocycles. The molecule has 186 valence electrons. The highest BCUT2D eigenvalue weighted by Crippen LogP contribution is 2.34. The molecule has 5 heterocycles. The molecule has 0 aliphatic heterocycles. The molecule has 0 amide bonds. The summed E-state index contributed by atoms with van der Waals surface area (Å²) in [5.74, 6) is -0.230. The van der Waals surface area contributed by atoms with E-state index >= 15 is 0 Å². The number of nitrogens with one attached hydrogen (secondary N) is 2. The minimum absolute atomic E-state index is 0.230. The molecule has 0 radical (unpaired) electrons. The maximum atomic E-state index is 14.6. The van der Waals surface area contributed by atoms with Crippen LogP contribution in [0.2, 0.25) is 0 Å². The van der Waals surface area contributed by atoms with Crippen LogP contribution in [0.1, 0.15) is 12.0 Å². The number of H-pyrrole nitrogens is 2. The number of hydrogen-bond donors (Lipinski definition) is 2. The van der Waals surface area contributed by atoms with Gasteiger partial charge in [0, 0.05) is 47.5 Å². The molecule has 0 bridgehead atoms. The number of halogens is 1. The molecule has 6 aromatic rings. The third-order valence-corrected chi connectivity index (χ3v) is 6.59. The topological polar surface area (TPSA) is 91.3 Å². The van der Waals surface area contributed by atoms with Crippen molar-refractivity contribution in [2.75, 3.05) is 20.6 Å². The van der Waals surface area contributed by atoms with Crippen LogP contribution in [-0.4, -0.2) is 60.5 Å². The van der Waals surface area contributed by atoms with Crippen LogP contribution < -0.4 is 0 Å². The molecule has 9 heteroatoms. The third kappa shape index (κ3) is 4.49. The van der Waals surface area contributed by atoms with Crippen molar-refractivity contribution in [2.24, 2.45) is 7.05 Å². The molecule has 0 saturated heterocycles. The maximum Gasteiger partial charge on any atom is 0.181 e. The van der Waals surface area contributed by atoms with Gasteiger partial charge >= 0.3 is 0 Å². The van der Waals surface area contributed by atoms with E-state index in [0.717, 1.165) is 75.0 Å². The largest absolute Gasteiger partial charge is 0.338 e. The van der Waals surface area contributed by atoms with E-state index in [1.54, 1.807) is 29.2 Å². The summed E-state index contributed by atoms with van der Waals surface area (Å²) >= 11 is 0. The van der Waals surface area contributed by atoms with Crippen LogP contribution in [0.3, 0.4) is 0 Å². The number of fused-ring (bicyclic) bond motifs is 2. The Kier molecular flexibility index (Phi) is 5.77. The first-order valence-corrected chi connectivity index (χ1v) is 12.2. The first-order valence-electron chi connectivity index (χ1n) is 12.2. The van der Waals surface area contributed by atoms with Gasteiger partial charge in [-0.15, -0.1) is 0 Å². The van der Waals surface area contributed by atoms with Gasteiger partial charge in [-0.05, 0) is 80.5 Å². The van der Waals surface area contributed by atoms with E-state index in [0.29, 0.717) is 5.65 Å². The monoisotopic (exact) mass is 494 g/mol. The van der Waals surface area contributed by atoms with Gasteiger partial charge in [-0.1, -0.05) is 6.07 Å². The van der Waals surface area contributed by atoms with E-state index in [1.165, 1.54) is 0 Å². The summed E-state index contributed by atoms with van der Waals surface area (Å²) < 4.78 is 16.4. The second kappa shape index (κ2) is 9.25. The first-order chi connectivity index (χ1) is 17.9. The van der Waals surface area contributed by atoms with Crippen molar-refractivity contribution >= 4 is 22.1 Å². The van der Waals surface area contributed by atoms with Crippen molar-refractivity contribution in [3.63, 3.8) is 0 Å².